The first-order valence-corrected chi connectivity index (χ1v) is 9.70. The van der Waals surface area contributed by atoms with Crippen LogP contribution >= 0.6 is 11.3 Å². The van der Waals surface area contributed by atoms with E-state index in [0.717, 1.165) is 21.7 Å². The molecule has 2 amide bonds. The summed E-state index contributed by atoms with van der Waals surface area (Å²) in [5.41, 5.74) is 9.46. The molecule has 3 aromatic rings. The van der Waals surface area contributed by atoms with Gasteiger partial charge in [-0.1, -0.05) is 30.3 Å². The van der Waals surface area contributed by atoms with Crippen molar-refractivity contribution < 1.29 is 4.79 Å². The number of nitrogens with one attached hydrogen (secondary N) is 1. The highest BCUT2D eigenvalue weighted by atomic mass is 32.1. The number of nitrogen functional groups attached to an aromatic ring is 1. The maximum atomic E-state index is 12.5. The van der Waals surface area contributed by atoms with Crippen molar-refractivity contribution in [2.75, 3.05) is 30.3 Å². The number of fused-ring (bicyclic) bond motifs is 1. The zero-order chi connectivity index (χ0) is 18.8. The number of hydrogen-bond donors (Lipinski definition) is 2. The number of urea groups is 1. The first-order chi connectivity index (χ1) is 13.1. The second-order valence-electron chi connectivity index (χ2n) is 6.54. The van der Waals surface area contributed by atoms with Crippen LogP contribution in [0.5, 0.6) is 0 Å². The summed E-state index contributed by atoms with van der Waals surface area (Å²) in [6.07, 6.45) is 0. The average molecular weight is 383 g/mol. The lowest BCUT2D eigenvalue weighted by Gasteiger charge is -2.40. The zero-order valence-electron chi connectivity index (χ0n) is 15.0. The molecule has 0 bridgehead atoms. The SMILES string of the molecule is CC1CN(C(=O)NCc2ccccc2)CCN1c1nc(N)nc2scnc12. The predicted molar refractivity (Wildman–Crippen MR) is 107 cm³/mol. The number of amides is 2. The monoisotopic (exact) mass is 383 g/mol. The van der Waals surface area contributed by atoms with E-state index in [2.05, 4.69) is 32.1 Å². The third kappa shape index (κ3) is 3.63. The van der Waals surface area contributed by atoms with Crippen LogP contribution in [0.15, 0.2) is 35.8 Å². The fourth-order valence-electron chi connectivity index (χ4n) is 3.31. The summed E-state index contributed by atoms with van der Waals surface area (Å²) >= 11 is 1.45. The van der Waals surface area contributed by atoms with Gasteiger partial charge in [0.1, 0.15) is 5.52 Å². The minimum Gasteiger partial charge on any atom is -0.368 e. The predicted octanol–water partition coefficient (Wildman–Crippen LogP) is 2.09. The van der Waals surface area contributed by atoms with E-state index >= 15 is 0 Å². The van der Waals surface area contributed by atoms with Gasteiger partial charge in [-0.25, -0.2) is 14.8 Å². The molecule has 4 rings (SSSR count). The fourth-order valence-corrected chi connectivity index (χ4v) is 3.97. The summed E-state index contributed by atoms with van der Waals surface area (Å²) in [5.74, 6) is 0.993. The average Bonchev–Trinajstić information content (AvgIpc) is 3.14. The van der Waals surface area contributed by atoms with Crippen molar-refractivity contribution in [3.63, 3.8) is 0 Å². The molecule has 2 aromatic heterocycles. The number of carbonyl (C=O) groups excluding carboxylic acids is 1. The fraction of sp³-hybridized carbons (Fsp3) is 0.333. The van der Waals surface area contributed by atoms with Crippen molar-refractivity contribution in [1.29, 1.82) is 0 Å². The quantitative estimate of drug-likeness (QED) is 0.718. The van der Waals surface area contributed by atoms with E-state index in [-0.39, 0.29) is 18.0 Å². The molecule has 1 fully saturated rings. The smallest absolute Gasteiger partial charge is 0.317 e. The molecule has 0 radical (unpaired) electrons. The lowest BCUT2D eigenvalue weighted by atomic mass is 10.2. The summed E-state index contributed by atoms with van der Waals surface area (Å²) in [4.78, 5) is 30.3. The number of thiazole rings is 1. The maximum absolute atomic E-state index is 12.5. The molecule has 140 valence electrons. The van der Waals surface area contributed by atoms with Gasteiger partial charge in [0.15, 0.2) is 10.6 Å². The highest BCUT2D eigenvalue weighted by Crippen LogP contribution is 2.28. The molecular formula is C18H21N7OS. The number of rotatable bonds is 3. The van der Waals surface area contributed by atoms with Crippen LogP contribution in [0.4, 0.5) is 16.6 Å². The first kappa shape index (κ1) is 17.5. The van der Waals surface area contributed by atoms with Gasteiger partial charge in [0.05, 0.1) is 5.51 Å². The summed E-state index contributed by atoms with van der Waals surface area (Å²) in [6, 6.07) is 9.95. The summed E-state index contributed by atoms with van der Waals surface area (Å²) in [5, 5.41) is 2.99. The lowest BCUT2D eigenvalue weighted by Crippen LogP contribution is -2.56. The standard InChI is InChI=1S/C18H21N7OS/c1-12-10-24(18(26)20-9-13-5-3-2-4-6-13)7-8-25(12)15-14-16(27-11-21-14)23-17(19)22-15/h2-6,11-12H,7-10H2,1H3,(H,20,26)(H2,19,22,23). The minimum absolute atomic E-state index is 0.0497. The van der Waals surface area contributed by atoms with E-state index in [9.17, 15) is 4.79 Å². The Kier molecular flexibility index (Phi) is 4.76. The van der Waals surface area contributed by atoms with E-state index in [0.29, 0.717) is 26.2 Å². The Bertz CT molecular complexity index is 945. The molecule has 8 nitrogen and oxygen atoms in total. The number of carbonyl (C=O) groups is 1. The van der Waals surface area contributed by atoms with Gasteiger partial charge in [-0.3, -0.25) is 0 Å². The van der Waals surface area contributed by atoms with Crippen LogP contribution in [0.1, 0.15) is 12.5 Å². The van der Waals surface area contributed by atoms with E-state index in [4.69, 9.17) is 5.73 Å². The number of aromatic nitrogens is 3. The third-order valence-corrected chi connectivity index (χ3v) is 5.39. The van der Waals surface area contributed by atoms with Crippen LogP contribution < -0.4 is 16.0 Å². The Morgan fingerprint density at radius 1 is 1.30 bits per heavy atom. The number of benzene rings is 1. The van der Waals surface area contributed by atoms with Gasteiger partial charge in [0.25, 0.3) is 0 Å². The van der Waals surface area contributed by atoms with E-state index in [1.165, 1.54) is 11.3 Å². The second-order valence-corrected chi connectivity index (χ2v) is 7.38. The van der Waals surface area contributed by atoms with Gasteiger partial charge in [-0.2, -0.15) is 4.98 Å². The minimum atomic E-state index is -0.0497. The molecule has 1 aliphatic rings. The van der Waals surface area contributed by atoms with Crippen molar-refractivity contribution in [2.24, 2.45) is 0 Å². The van der Waals surface area contributed by atoms with Crippen LogP contribution in [-0.4, -0.2) is 51.6 Å². The topological polar surface area (TPSA) is 100 Å². The van der Waals surface area contributed by atoms with E-state index in [1.54, 1.807) is 5.51 Å². The van der Waals surface area contributed by atoms with Crippen molar-refractivity contribution in [2.45, 2.75) is 19.5 Å². The van der Waals surface area contributed by atoms with E-state index < -0.39 is 0 Å². The number of nitrogens with zero attached hydrogens (tertiary/aromatic N) is 5. The van der Waals surface area contributed by atoms with Crippen molar-refractivity contribution >= 4 is 39.5 Å². The molecule has 0 saturated carbocycles. The molecule has 1 aromatic carbocycles. The molecule has 3 N–H and O–H groups in total. The molecular weight excluding hydrogens is 362 g/mol. The Hall–Kier alpha value is -2.94. The van der Waals surface area contributed by atoms with Crippen LogP contribution in [0, 0.1) is 0 Å². The molecule has 1 saturated heterocycles. The number of nitrogens with two attached hydrogens (primary N) is 1. The third-order valence-electron chi connectivity index (χ3n) is 4.67. The van der Waals surface area contributed by atoms with Crippen LogP contribution in [0.2, 0.25) is 0 Å². The number of anilines is 2. The zero-order valence-corrected chi connectivity index (χ0v) is 15.8. The summed E-state index contributed by atoms with van der Waals surface area (Å²) in [7, 11) is 0. The summed E-state index contributed by atoms with van der Waals surface area (Å²) < 4.78 is 0. The van der Waals surface area contributed by atoms with Crippen LogP contribution in [-0.2, 0) is 6.54 Å². The van der Waals surface area contributed by atoms with Gasteiger partial charge in [-0.05, 0) is 12.5 Å². The lowest BCUT2D eigenvalue weighted by molar-refractivity contribution is 0.186. The van der Waals surface area contributed by atoms with Gasteiger partial charge >= 0.3 is 6.03 Å². The van der Waals surface area contributed by atoms with Crippen molar-refractivity contribution in [3.05, 3.63) is 41.4 Å². The number of piperazine rings is 1. The highest BCUT2D eigenvalue weighted by molar-refractivity contribution is 7.16. The molecule has 0 spiro atoms. The van der Waals surface area contributed by atoms with Crippen LogP contribution in [0.25, 0.3) is 10.3 Å². The largest absolute Gasteiger partial charge is 0.368 e. The summed E-state index contributed by atoms with van der Waals surface area (Å²) in [6.45, 7) is 4.49. The molecule has 1 atom stereocenters. The molecule has 1 unspecified atom stereocenters. The second kappa shape index (κ2) is 7.36. The Morgan fingerprint density at radius 3 is 2.89 bits per heavy atom. The Morgan fingerprint density at radius 2 is 2.11 bits per heavy atom. The molecule has 27 heavy (non-hydrogen) atoms. The van der Waals surface area contributed by atoms with E-state index in [1.807, 2.05) is 35.2 Å². The first-order valence-electron chi connectivity index (χ1n) is 8.82. The Balaban J connectivity index is 1.43. The van der Waals surface area contributed by atoms with Gasteiger partial charge < -0.3 is 20.9 Å². The molecule has 1 aliphatic heterocycles. The normalized spacial score (nSPS) is 17.3. The Labute approximate surface area is 161 Å². The van der Waals surface area contributed by atoms with Gasteiger partial charge in [-0.15, -0.1) is 11.3 Å². The van der Waals surface area contributed by atoms with Gasteiger partial charge in [0, 0.05) is 32.2 Å². The highest BCUT2D eigenvalue weighted by Gasteiger charge is 2.29. The van der Waals surface area contributed by atoms with Gasteiger partial charge in [0.2, 0.25) is 5.95 Å². The van der Waals surface area contributed by atoms with Crippen molar-refractivity contribution in [1.82, 2.24) is 25.2 Å². The molecule has 9 heteroatoms. The molecule has 3 heterocycles. The maximum Gasteiger partial charge on any atom is 0.317 e. The van der Waals surface area contributed by atoms with Crippen LogP contribution in [0.3, 0.4) is 0 Å². The molecule has 0 aliphatic carbocycles. The number of hydrogen-bond acceptors (Lipinski definition) is 7. The van der Waals surface area contributed by atoms with Crippen molar-refractivity contribution in [3.8, 4) is 0 Å².